The summed E-state index contributed by atoms with van der Waals surface area (Å²) in [7, 11) is 0. The van der Waals surface area contributed by atoms with Gasteiger partial charge in [0.1, 0.15) is 0 Å². The van der Waals surface area contributed by atoms with Gasteiger partial charge in [0, 0.05) is 0 Å². The molecular weight excluding hydrogens is 180 g/mol. The molecule has 0 bridgehead atoms. The minimum absolute atomic E-state index is 0.283. The van der Waals surface area contributed by atoms with Crippen molar-refractivity contribution in [3.63, 3.8) is 0 Å². The van der Waals surface area contributed by atoms with E-state index in [1.54, 1.807) is 19.1 Å². The van der Waals surface area contributed by atoms with Gasteiger partial charge in [0.05, 0.1) is 6.61 Å². The largest absolute Gasteiger partial charge is 0.464 e. The Hall–Kier alpha value is -1.35. The Labute approximate surface area is 83.4 Å². The smallest absolute Gasteiger partial charge is 0.339 e. The van der Waals surface area contributed by atoms with E-state index in [1.165, 1.54) is 0 Å². The molecule has 0 aromatic heterocycles. The standard InChI is InChI=1S/C11H14O3/c1-2-14-11(13)10(12)9-7-5-3-4-6-8-9/h3-5,7-8,10,12H,2,6H2,1H3. The monoisotopic (exact) mass is 194 g/mol. The van der Waals surface area contributed by atoms with E-state index in [0.717, 1.165) is 6.42 Å². The molecule has 1 atom stereocenters. The molecule has 0 aromatic carbocycles. The summed E-state index contributed by atoms with van der Waals surface area (Å²) in [4.78, 5) is 11.2. The summed E-state index contributed by atoms with van der Waals surface area (Å²) < 4.78 is 4.71. The van der Waals surface area contributed by atoms with Crippen LogP contribution in [0.1, 0.15) is 13.3 Å². The number of rotatable bonds is 3. The van der Waals surface area contributed by atoms with Crippen molar-refractivity contribution in [1.82, 2.24) is 0 Å². The van der Waals surface area contributed by atoms with Crippen LogP contribution in [0.3, 0.4) is 0 Å². The number of hydrogen-bond donors (Lipinski definition) is 1. The third kappa shape index (κ3) is 2.85. The van der Waals surface area contributed by atoms with Crippen molar-refractivity contribution in [3.05, 3.63) is 36.0 Å². The molecule has 1 N–H and O–H groups in total. The van der Waals surface area contributed by atoms with Crippen molar-refractivity contribution >= 4 is 5.97 Å². The summed E-state index contributed by atoms with van der Waals surface area (Å²) in [5.74, 6) is -0.592. The first kappa shape index (κ1) is 10.7. The van der Waals surface area contributed by atoms with Crippen molar-refractivity contribution < 1.29 is 14.6 Å². The summed E-state index contributed by atoms with van der Waals surface area (Å²) in [6, 6.07) is 0. The number of carbonyl (C=O) groups excluding carboxylic acids is 1. The zero-order chi connectivity index (χ0) is 10.4. The molecule has 0 fully saturated rings. The lowest BCUT2D eigenvalue weighted by Gasteiger charge is -2.09. The fourth-order valence-corrected chi connectivity index (χ4v) is 1.16. The van der Waals surface area contributed by atoms with E-state index >= 15 is 0 Å². The maximum atomic E-state index is 11.2. The number of esters is 1. The first-order valence-corrected chi connectivity index (χ1v) is 4.63. The van der Waals surface area contributed by atoms with Crippen LogP contribution < -0.4 is 0 Å². The van der Waals surface area contributed by atoms with E-state index in [-0.39, 0.29) is 6.61 Å². The SMILES string of the molecule is CCOC(=O)C(O)C1=CCC=CC=C1. The molecule has 14 heavy (non-hydrogen) atoms. The van der Waals surface area contributed by atoms with Crippen molar-refractivity contribution in [1.29, 1.82) is 0 Å². The highest BCUT2D eigenvalue weighted by molar-refractivity contribution is 5.79. The van der Waals surface area contributed by atoms with Gasteiger partial charge < -0.3 is 9.84 Å². The molecule has 1 rings (SSSR count). The fraction of sp³-hybridized carbons (Fsp3) is 0.364. The highest BCUT2D eigenvalue weighted by Gasteiger charge is 2.18. The quantitative estimate of drug-likeness (QED) is 0.690. The molecule has 0 radical (unpaired) electrons. The second kappa shape index (κ2) is 5.40. The normalized spacial score (nSPS) is 17.1. The van der Waals surface area contributed by atoms with E-state index in [0.29, 0.717) is 5.57 Å². The van der Waals surface area contributed by atoms with Crippen LogP contribution in [0.2, 0.25) is 0 Å². The summed E-state index contributed by atoms with van der Waals surface area (Å²) in [5, 5.41) is 9.58. The molecule has 0 saturated carbocycles. The molecule has 0 saturated heterocycles. The zero-order valence-corrected chi connectivity index (χ0v) is 8.14. The topological polar surface area (TPSA) is 46.5 Å². The number of hydrogen-bond acceptors (Lipinski definition) is 3. The van der Waals surface area contributed by atoms with Crippen LogP contribution in [-0.4, -0.2) is 23.8 Å². The molecule has 0 amide bonds. The molecule has 3 nitrogen and oxygen atoms in total. The van der Waals surface area contributed by atoms with Gasteiger partial charge in [0.2, 0.25) is 0 Å². The lowest BCUT2D eigenvalue weighted by Crippen LogP contribution is -2.24. The minimum Gasteiger partial charge on any atom is -0.464 e. The van der Waals surface area contributed by atoms with Gasteiger partial charge in [-0.1, -0.05) is 30.4 Å². The predicted molar refractivity (Wildman–Crippen MR) is 53.6 cm³/mol. The molecule has 76 valence electrons. The van der Waals surface area contributed by atoms with Gasteiger partial charge >= 0.3 is 5.97 Å². The van der Waals surface area contributed by atoms with E-state index in [9.17, 15) is 9.90 Å². The van der Waals surface area contributed by atoms with E-state index in [2.05, 4.69) is 0 Å². The Morgan fingerprint density at radius 3 is 3.14 bits per heavy atom. The van der Waals surface area contributed by atoms with E-state index in [4.69, 9.17) is 4.74 Å². The van der Waals surface area contributed by atoms with Crippen molar-refractivity contribution in [3.8, 4) is 0 Å². The average molecular weight is 194 g/mol. The van der Waals surface area contributed by atoms with Gasteiger partial charge in [-0.3, -0.25) is 0 Å². The lowest BCUT2D eigenvalue weighted by atomic mass is 10.1. The molecule has 3 heteroatoms. The number of aliphatic hydroxyl groups is 1. The predicted octanol–water partition coefficient (Wildman–Crippen LogP) is 1.35. The zero-order valence-electron chi connectivity index (χ0n) is 8.14. The first-order valence-electron chi connectivity index (χ1n) is 4.63. The lowest BCUT2D eigenvalue weighted by molar-refractivity contribution is -0.150. The Balaban J connectivity index is 2.64. The van der Waals surface area contributed by atoms with Crippen LogP contribution in [0.25, 0.3) is 0 Å². The van der Waals surface area contributed by atoms with E-state index < -0.39 is 12.1 Å². The van der Waals surface area contributed by atoms with Crippen molar-refractivity contribution in [2.24, 2.45) is 0 Å². The van der Waals surface area contributed by atoms with Gasteiger partial charge in [0.25, 0.3) is 0 Å². The maximum Gasteiger partial charge on any atom is 0.339 e. The number of carbonyl (C=O) groups is 1. The highest BCUT2D eigenvalue weighted by atomic mass is 16.5. The fourth-order valence-electron chi connectivity index (χ4n) is 1.16. The van der Waals surface area contributed by atoms with Crippen molar-refractivity contribution in [2.75, 3.05) is 6.61 Å². The average Bonchev–Trinajstić information content (AvgIpc) is 2.45. The Morgan fingerprint density at radius 2 is 2.43 bits per heavy atom. The molecule has 0 spiro atoms. The minimum atomic E-state index is -1.16. The van der Waals surface area contributed by atoms with Crippen LogP contribution in [0.15, 0.2) is 36.0 Å². The summed E-state index contributed by atoms with van der Waals surface area (Å²) >= 11 is 0. The van der Waals surface area contributed by atoms with Gasteiger partial charge in [-0.2, -0.15) is 0 Å². The molecule has 0 heterocycles. The van der Waals surface area contributed by atoms with Crippen molar-refractivity contribution in [2.45, 2.75) is 19.4 Å². The molecular formula is C11H14O3. The van der Waals surface area contributed by atoms with Crippen LogP contribution in [0, 0.1) is 0 Å². The summed E-state index contributed by atoms with van der Waals surface area (Å²) in [6.45, 7) is 1.99. The third-order valence-corrected chi connectivity index (χ3v) is 1.85. The Bertz CT molecular complexity index is 287. The second-order valence-electron chi connectivity index (χ2n) is 2.88. The summed E-state index contributed by atoms with van der Waals surface area (Å²) in [5.41, 5.74) is 0.591. The van der Waals surface area contributed by atoms with Crippen LogP contribution >= 0.6 is 0 Å². The number of ether oxygens (including phenoxy) is 1. The van der Waals surface area contributed by atoms with Crippen LogP contribution in [-0.2, 0) is 9.53 Å². The van der Waals surface area contributed by atoms with Gasteiger partial charge in [-0.15, -0.1) is 0 Å². The number of allylic oxidation sites excluding steroid dienone is 4. The van der Waals surface area contributed by atoms with Gasteiger partial charge in [-0.05, 0) is 18.9 Å². The van der Waals surface area contributed by atoms with Gasteiger partial charge in [-0.25, -0.2) is 4.79 Å². The Kier molecular flexibility index (Phi) is 4.13. The third-order valence-electron chi connectivity index (χ3n) is 1.85. The highest BCUT2D eigenvalue weighted by Crippen LogP contribution is 2.11. The second-order valence-corrected chi connectivity index (χ2v) is 2.88. The van der Waals surface area contributed by atoms with E-state index in [1.807, 2.05) is 18.2 Å². The van der Waals surface area contributed by atoms with Crippen LogP contribution in [0.4, 0.5) is 0 Å². The van der Waals surface area contributed by atoms with Crippen LogP contribution in [0.5, 0.6) is 0 Å². The molecule has 1 unspecified atom stereocenters. The van der Waals surface area contributed by atoms with Gasteiger partial charge in [0.15, 0.2) is 6.10 Å². The first-order chi connectivity index (χ1) is 6.75. The summed E-state index contributed by atoms with van der Waals surface area (Å²) in [6.07, 6.45) is 8.70. The maximum absolute atomic E-state index is 11.2. The molecule has 1 aliphatic rings. The molecule has 1 aliphatic carbocycles. The molecule has 0 aromatic rings. The number of aliphatic hydroxyl groups excluding tert-OH is 1. The Morgan fingerprint density at radius 1 is 1.64 bits per heavy atom. The molecule has 0 aliphatic heterocycles.